The molecule has 3 rings (SSSR count). The van der Waals surface area contributed by atoms with Gasteiger partial charge in [0.15, 0.2) is 0 Å². The zero-order valence-electron chi connectivity index (χ0n) is 15.9. The first-order valence-electron chi connectivity index (χ1n) is 9.18. The van der Waals surface area contributed by atoms with Gasteiger partial charge in [-0.25, -0.2) is 8.42 Å². The summed E-state index contributed by atoms with van der Waals surface area (Å²) < 4.78 is 32.3. The molecule has 0 spiro atoms. The van der Waals surface area contributed by atoms with Crippen molar-refractivity contribution in [1.29, 1.82) is 0 Å². The van der Waals surface area contributed by atoms with Crippen LogP contribution in [-0.4, -0.2) is 61.2 Å². The highest BCUT2D eigenvalue weighted by atomic mass is 35.5. The second kappa shape index (κ2) is 9.41. The Labute approximate surface area is 179 Å². The fourth-order valence-corrected chi connectivity index (χ4v) is 4.70. The number of nitro groups is 1. The molecule has 1 amide bonds. The minimum atomic E-state index is -3.87. The van der Waals surface area contributed by atoms with E-state index in [0.29, 0.717) is 10.8 Å². The summed E-state index contributed by atoms with van der Waals surface area (Å²) in [6, 6.07) is 11.8. The molecule has 2 aromatic carbocycles. The third-order valence-electron chi connectivity index (χ3n) is 4.64. The summed E-state index contributed by atoms with van der Waals surface area (Å²) in [6.07, 6.45) is 0.157. The van der Waals surface area contributed by atoms with E-state index in [1.165, 1.54) is 22.5 Å². The first kappa shape index (κ1) is 22.0. The number of non-ortho nitro benzene ring substituents is 1. The first-order valence-corrected chi connectivity index (χ1v) is 11.0. The molecule has 1 saturated heterocycles. The number of sulfonamides is 1. The van der Waals surface area contributed by atoms with Crippen LogP contribution in [0.3, 0.4) is 0 Å². The molecule has 1 fully saturated rings. The third kappa shape index (κ3) is 5.26. The highest BCUT2D eigenvalue weighted by molar-refractivity contribution is 7.89. The van der Waals surface area contributed by atoms with Gasteiger partial charge in [-0.2, -0.15) is 4.31 Å². The molecule has 9 nitrogen and oxygen atoms in total. The number of amides is 1. The molecule has 30 heavy (non-hydrogen) atoms. The number of carbonyl (C=O) groups is 1. The van der Waals surface area contributed by atoms with Gasteiger partial charge in [0.05, 0.1) is 22.8 Å². The molecular weight excluding hydrogens is 434 g/mol. The van der Waals surface area contributed by atoms with E-state index < -0.39 is 14.9 Å². The van der Waals surface area contributed by atoms with Gasteiger partial charge < -0.3 is 9.64 Å². The number of rotatable bonds is 7. The summed E-state index contributed by atoms with van der Waals surface area (Å²) in [6.45, 7) is 0.900. The van der Waals surface area contributed by atoms with Crippen LogP contribution in [0.25, 0.3) is 0 Å². The van der Waals surface area contributed by atoms with Crippen LogP contribution in [0.4, 0.5) is 5.69 Å². The first-order chi connectivity index (χ1) is 14.3. The van der Waals surface area contributed by atoms with Crippen LogP contribution in [0.2, 0.25) is 5.02 Å². The highest BCUT2D eigenvalue weighted by Crippen LogP contribution is 2.22. The Kier molecular flexibility index (Phi) is 6.91. The second-order valence-corrected chi connectivity index (χ2v) is 8.97. The lowest BCUT2D eigenvalue weighted by atomic mass is 10.3. The molecule has 11 heteroatoms. The second-order valence-electron chi connectivity index (χ2n) is 6.60. The molecule has 0 aliphatic carbocycles. The molecule has 0 unspecified atom stereocenters. The summed E-state index contributed by atoms with van der Waals surface area (Å²) >= 11 is 5.88. The molecule has 0 atom stereocenters. The van der Waals surface area contributed by atoms with Gasteiger partial charge in [-0.1, -0.05) is 23.7 Å². The van der Waals surface area contributed by atoms with Crippen LogP contribution in [0.1, 0.15) is 6.42 Å². The Morgan fingerprint density at radius 3 is 2.47 bits per heavy atom. The molecular formula is C19H20ClN3O6S. The fourth-order valence-electron chi connectivity index (χ4n) is 3.06. The Morgan fingerprint density at radius 2 is 1.80 bits per heavy atom. The minimum absolute atomic E-state index is 0.117. The van der Waals surface area contributed by atoms with Gasteiger partial charge in [-0.3, -0.25) is 14.9 Å². The Bertz CT molecular complexity index is 1040. The standard InChI is InChI=1S/C19H20ClN3O6S/c20-15-3-1-5-17(13-15)29-12-7-19(24)21-8-10-22(11-9-21)30(27,28)18-6-2-4-16(14-18)23(25)26/h1-6,13-14H,7-12H2. The van der Waals surface area contributed by atoms with E-state index in [2.05, 4.69) is 0 Å². The van der Waals surface area contributed by atoms with Crippen LogP contribution in [0, 0.1) is 10.1 Å². The Balaban J connectivity index is 1.53. The lowest BCUT2D eigenvalue weighted by molar-refractivity contribution is -0.385. The molecule has 0 radical (unpaired) electrons. The fraction of sp³-hybridized carbons (Fsp3) is 0.316. The Hall–Kier alpha value is -2.69. The van der Waals surface area contributed by atoms with Gasteiger partial charge in [0.1, 0.15) is 5.75 Å². The molecule has 1 heterocycles. The van der Waals surface area contributed by atoms with E-state index in [1.807, 2.05) is 0 Å². The molecule has 0 aromatic heterocycles. The lowest BCUT2D eigenvalue weighted by Crippen LogP contribution is -2.50. The summed E-state index contributed by atoms with van der Waals surface area (Å²) in [5, 5.41) is 11.4. The van der Waals surface area contributed by atoms with Crippen LogP contribution in [0.15, 0.2) is 53.4 Å². The van der Waals surface area contributed by atoms with Crippen molar-refractivity contribution in [2.24, 2.45) is 0 Å². The number of carbonyl (C=O) groups excluding carboxylic acids is 1. The number of hydrogen-bond donors (Lipinski definition) is 0. The zero-order valence-corrected chi connectivity index (χ0v) is 17.5. The highest BCUT2D eigenvalue weighted by Gasteiger charge is 2.30. The average Bonchev–Trinajstić information content (AvgIpc) is 2.74. The van der Waals surface area contributed by atoms with E-state index in [9.17, 15) is 23.3 Å². The topological polar surface area (TPSA) is 110 Å². The smallest absolute Gasteiger partial charge is 0.270 e. The van der Waals surface area contributed by atoms with Gasteiger partial charge in [-0.15, -0.1) is 0 Å². The third-order valence-corrected chi connectivity index (χ3v) is 6.77. The molecule has 2 aromatic rings. The summed E-state index contributed by atoms with van der Waals surface area (Å²) in [4.78, 5) is 24.1. The SMILES string of the molecule is O=C(CCOc1cccc(Cl)c1)N1CCN(S(=O)(=O)c2cccc([N+](=O)[O-])c2)CC1. The predicted octanol–water partition coefficient (Wildman–Crippen LogP) is 2.55. The van der Waals surface area contributed by atoms with Gasteiger partial charge >= 0.3 is 0 Å². The van der Waals surface area contributed by atoms with Gasteiger partial charge in [-0.05, 0) is 24.3 Å². The monoisotopic (exact) mass is 453 g/mol. The van der Waals surface area contributed by atoms with Crippen LogP contribution < -0.4 is 4.74 Å². The van der Waals surface area contributed by atoms with Crippen molar-refractivity contribution < 1.29 is 22.9 Å². The maximum Gasteiger partial charge on any atom is 0.270 e. The molecule has 160 valence electrons. The van der Waals surface area contributed by atoms with Crippen LogP contribution in [0.5, 0.6) is 5.75 Å². The summed E-state index contributed by atoms with van der Waals surface area (Å²) in [5.41, 5.74) is -0.287. The molecule has 0 N–H and O–H groups in total. The van der Waals surface area contributed by atoms with E-state index in [-0.39, 0.29) is 55.7 Å². The minimum Gasteiger partial charge on any atom is -0.493 e. The molecule has 0 saturated carbocycles. The number of halogens is 1. The van der Waals surface area contributed by atoms with Crippen molar-refractivity contribution in [1.82, 2.24) is 9.21 Å². The quantitative estimate of drug-likeness (QED) is 0.470. The zero-order chi connectivity index (χ0) is 21.7. The van der Waals surface area contributed by atoms with Crippen molar-refractivity contribution in [2.75, 3.05) is 32.8 Å². The number of nitro benzene ring substituents is 1. The summed E-state index contributed by atoms with van der Waals surface area (Å²) in [7, 11) is -3.87. The molecule has 0 bridgehead atoms. The number of benzene rings is 2. The van der Waals surface area contributed by atoms with Crippen molar-refractivity contribution in [3.8, 4) is 5.75 Å². The van der Waals surface area contributed by atoms with Gasteiger partial charge in [0, 0.05) is 43.3 Å². The Morgan fingerprint density at radius 1 is 1.10 bits per heavy atom. The summed E-state index contributed by atoms with van der Waals surface area (Å²) in [5.74, 6) is 0.438. The molecule has 1 aliphatic heterocycles. The largest absolute Gasteiger partial charge is 0.493 e. The maximum absolute atomic E-state index is 12.8. The number of nitrogens with zero attached hydrogens (tertiary/aromatic N) is 3. The normalized spacial score (nSPS) is 15.0. The average molecular weight is 454 g/mol. The maximum atomic E-state index is 12.8. The van der Waals surface area contributed by atoms with Gasteiger partial charge in [0.2, 0.25) is 15.9 Å². The van der Waals surface area contributed by atoms with Gasteiger partial charge in [0.25, 0.3) is 5.69 Å². The molecule has 1 aliphatic rings. The van der Waals surface area contributed by atoms with E-state index in [4.69, 9.17) is 16.3 Å². The van der Waals surface area contributed by atoms with E-state index in [0.717, 1.165) is 6.07 Å². The predicted molar refractivity (Wildman–Crippen MR) is 110 cm³/mol. The van der Waals surface area contributed by atoms with Crippen LogP contribution >= 0.6 is 11.6 Å². The van der Waals surface area contributed by atoms with Crippen molar-refractivity contribution in [2.45, 2.75) is 11.3 Å². The van der Waals surface area contributed by atoms with Crippen molar-refractivity contribution in [3.05, 3.63) is 63.7 Å². The number of ether oxygens (including phenoxy) is 1. The van der Waals surface area contributed by atoms with E-state index >= 15 is 0 Å². The number of piperazine rings is 1. The van der Waals surface area contributed by atoms with E-state index in [1.54, 1.807) is 29.2 Å². The van der Waals surface area contributed by atoms with Crippen LogP contribution in [-0.2, 0) is 14.8 Å². The number of hydrogen-bond acceptors (Lipinski definition) is 6. The van der Waals surface area contributed by atoms with Crippen molar-refractivity contribution in [3.63, 3.8) is 0 Å². The lowest BCUT2D eigenvalue weighted by Gasteiger charge is -2.34. The van der Waals surface area contributed by atoms with Crippen molar-refractivity contribution >= 4 is 33.2 Å².